The Morgan fingerprint density at radius 3 is 2.39 bits per heavy atom. The van der Waals surface area contributed by atoms with Crippen LogP contribution in [0.4, 0.5) is 5.00 Å². The second kappa shape index (κ2) is 8.80. The minimum atomic E-state index is -0.500. The second-order valence-corrected chi connectivity index (χ2v) is 5.98. The van der Waals surface area contributed by atoms with Crippen molar-refractivity contribution in [2.24, 2.45) is 0 Å². The number of nitrogens with one attached hydrogen (secondary N) is 1. The molecule has 0 aromatic carbocycles. The molecule has 0 atom stereocenters. The summed E-state index contributed by atoms with van der Waals surface area (Å²) < 4.78 is 0. The molecule has 2 rings (SSSR count). The molecule has 2 heterocycles. The first-order chi connectivity index (χ1) is 10.5. The van der Waals surface area contributed by atoms with Crippen molar-refractivity contribution >= 4 is 40.6 Å². The highest BCUT2D eigenvalue weighted by atomic mass is 35.5. The van der Waals surface area contributed by atoms with Gasteiger partial charge in [-0.2, -0.15) is 0 Å². The lowest BCUT2D eigenvalue weighted by atomic mass is 10.2. The molecule has 1 N–H and O–H groups in total. The van der Waals surface area contributed by atoms with Crippen molar-refractivity contribution in [1.82, 2.24) is 15.1 Å². The SMILES string of the molecule is CNCCC(=O)N1CCN(C(=O)c2ccc([N+](=O)[O-])s2)CC1.Cl. The van der Waals surface area contributed by atoms with E-state index in [0.29, 0.717) is 44.0 Å². The standard InChI is InChI=1S/C13H18N4O4S.ClH/c1-14-5-4-11(18)15-6-8-16(9-7-15)13(19)10-2-3-12(22-10)17(20)21;/h2-3,14H,4-9H2,1H3;1H. The topological polar surface area (TPSA) is 95.8 Å². The van der Waals surface area contributed by atoms with Crippen LogP contribution in [0, 0.1) is 10.1 Å². The van der Waals surface area contributed by atoms with Gasteiger partial charge < -0.3 is 15.1 Å². The average Bonchev–Trinajstić information content (AvgIpc) is 3.02. The number of nitro groups is 1. The van der Waals surface area contributed by atoms with Crippen LogP contribution in [-0.4, -0.2) is 66.3 Å². The van der Waals surface area contributed by atoms with Crippen LogP contribution in [0.2, 0.25) is 0 Å². The lowest BCUT2D eigenvalue weighted by Gasteiger charge is -2.34. The number of thiophene rings is 1. The molecule has 2 amide bonds. The van der Waals surface area contributed by atoms with Gasteiger partial charge in [-0.3, -0.25) is 19.7 Å². The monoisotopic (exact) mass is 362 g/mol. The Kier molecular flexibility index (Phi) is 7.40. The molecule has 10 heteroatoms. The van der Waals surface area contributed by atoms with Gasteiger partial charge in [0.2, 0.25) is 5.91 Å². The van der Waals surface area contributed by atoms with E-state index in [1.54, 1.807) is 16.8 Å². The first-order valence-electron chi connectivity index (χ1n) is 6.99. The van der Waals surface area contributed by atoms with Crippen molar-refractivity contribution in [2.45, 2.75) is 6.42 Å². The molecular weight excluding hydrogens is 344 g/mol. The number of nitrogens with zero attached hydrogens (tertiary/aromatic N) is 3. The molecule has 0 saturated carbocycles. The molecule has 128 valence electrons. The fourth-order valence-corrected chi connectivity index (χ4v) is 3.03. The lowest BCUT2D eigenvalue weighted by Crippen LogP contribution is -2.50. The Morgan fingerprint density at radius 2 is 1.87 bits per heavy atom. The predicted octanol–water partition coefficient (Wildman–Crippen LogP) is 0.972. The smallest absolute Gasteiger partial charge is 0.324 e. The van der Waals surface area contributed by atoms with Crippen LogP contribution in [0.3, 0.4) is 0 Å². The van der Waals surface area contributed by atoms with E-state index in [9.17, 15) is 19.7 Å². The van der Waals surface area contributed by atoms with E-state index in [-0.39, 0.29) is 29.2 Å². The number of halogens is 1. The molecule has 8 nitrogen and oxygen atoms in total. The molecule has 1 aromatic heterocycles. The molecule has 0 aliphatic carbocycles. The van der Waals surface area contributed by atoms with E-state index in [1.807, 2.05) is 0 Å². The number of hydrogen-bond acceptors (Lipinski definition) is 6. The van der Waals surface area contributed by atoms with Crippen molar-refractivity contribution in [3.63, 3.8) is 0 Å². The summed E-state index contributed by atoms with van der Waals surface area (Å²) in [7, 11) is 1.80. The zero-order valence-corrected chi connectivity index (χ0v) is 14.3. The van der Waals surface area contributed by atoms with Gasteiger partial charge in [0.15, 0.2) is 0 Å². The lowest BCUT2D eigenvalue weighted by molar-refractivity contribution is -0.380. The molecule has 1 aromatic rings. The summed E-state index contributed by atoms with van der Waals surface area (Å²) >= 11 is 0.882. The molecule has 1 fully saturated rings. The minimum Gasteiger partial charge on any atom is -0.339 e. The Balaban J connectivity index is 0.00000264. The van der Waals surface area contributed by atoms with Gasteiger partial charge in [-0.15, -0.1) is 12.4 Å². The van der Waals surface area contributed by atoms with E-state index in [4.69, 9.17) is 0 Å². The molecule has 1 aliphatic rings. The third kappa shape index (κ3) is 4.88. The van der Waals surface area contributed by atoms with Gasteiger partial charge in [-0.25, -0.2) is 0 Å². The van der Waals surface area contributed by atoms with Crippen molar-refractivity contribution in [1.29, 1.82) is 0 Å². The van der Waals surface area contributed by atoms with Crippen LogP contribution in [0.5, 0.6) is 0 Å². The van der Waals surface area contributed by atoms with Crippen LogP contribution in [0.15, 0.2) is 12.1 Å². The van der Waals surface area contributed by atoms with Crippen molar-refractivity contribution in [2.75, 3.05) is 39.8 Å². The number of piperazine rings is 1. The Bertz CT molecular complexity index is 572. The molecular formula is C13H19ClN4O4S. The molecule has 0 unspecified atom stereocenters. The third-order valence-corrected chi connectivity index (χ3v) is 4.52. The van der Waals surface area contributed by atoms with Crippen LogP contribution in [-0.2, 0) is 4.79 Å². The zero-order valence-electron chi connectivity index (χ0n) is 12.7. The summed E-state index contributed by atoms with van der Waals surface area (Å²) in [5, 5.41) is 13.6. The Labute approximate surface area is 144 Å². The zero-order chi connectivity index (χ0) is 16.1. The first kappa shape index (κ1) is 19.3. The summed E-state index contributed by atoms with van der Waals surface area (Å²) in [5.41, 5.74) is 0. The molecule has 1 saturated heterocycles. The fraction of sp³-hybridized carbons (Fsp3) is 0.538. The van der Waals surface area contributed by atoms with Gasteiger partial charge >= 0.3 is 5.00 Å². The summed E-state index contributed by atoms with van der Waals surface area (Å²) in [6.07, 6.45) is 0.446. The molecule has 23 heavy (non-hydrogen) atoms. The highest BCUT2D eigenvalue weighted by Crippen LogP contribution is 2.25. The van der Waals surface area contributed by atoms with E-state index in [2.05, 4.69) is 5.32 Å². The maximum atomic E-state index is 12.3. The van der Waals surface area contributed by atoms with Gasteiger partial charge in [0, 0.05) is 45.2 Å². The van der Waals surface area contributed by atoms with E-state index < -0.39 is 4.92 Å². The van der Waals surface area contributed by atoms with Gasteiger partial charge in [0.25, 0.3) is 5.91 Å². The predicted molar refractivity (Wildman–Crippen MR) is 89.2 cm³/mol. The van der Waals surface area contributed by atoms with E-state index >= 15 is 0 Å². The van der Waals surface area contributed by atoms with E-state index in [0.717, 1.165) is 11.3 Å². The van der Waals surface area contributed by atoms with Crippen molar-refractivity contribution in [3.8, 4) is 0 Å². The normalized spacial score (nSPS) is 14.3. The second-order valence-electron chi connectivity index (χ2n) is 4.92. The van der Waals surface area contributed by atoms with Gasteiger partial charge in [0.1, 0.15) is 0 Å². The molecule has 0 bridgehead atoms. The van der Waals surface area contributed by atoms with Crippen LogP contribution < -0.4 is 5.32 Å². The Hall–Kier alpha value is -1.71. The average molecular weight is 363 g/mol. The van der Waals surface area contributed by atoms with Crippen molar-refractivity contribution in [3.05, 3.63) is 27.1 Å². The number of carbonyl (C=O) groups is 2. The minimum absolute atomic E-state index is 0. The highest BCUT2D eigenvalue weighted by molar-refractivity contribution is 7.17. The summed E-state index contributed by atoms with van der Waals surface area (Å²) in [6, 6.07) is 2.82. The van der Waals surface area contributed by atoms with Gasteiger partial charge in [-0.1, -0.05) is 11.3 Å². The molecule has 0 spiro atoms. The summed E-state index contributed by atoms with van der Waals surface area (Å²) in [6.45, 7) is 2.55. The van der Waals surface area contributed by atoms with Crippen LogP contribution in [0.25, 0.3) is 0 Å². The quantitative estimate of drug-likeness (QED) is 0.622. The number of carbonyl (C=O) groups excluding carboxylic acids is 2. The number of rotatable bonds is 5. The number of amides is 2. The van der Waals surface area contributed by atoms with Crippen LogP contribution >= 0.6 is 23.7 Å². The van der Waals surface area contributed by atoms with Crippen molar-refractivity contribution < 1.29 is 14.5 Å². The summed E-state index contributed by atoms with van der Waals surface area (Å²) in [5.74, 6) is -0.131. The van der Waals surface area contributed by atoms with E-state index in [1.165, 1.54) is 12.1 Å². The Morgan fingerprint density at radius 1 is 1.26 bits per heavy atom. The highest BCUT2D eigenvalue weighted by Gasteiger charge is 2.26. The maximum Gasteiger partial charge on any atom is 0.324 e. The fourth-order valence-electron chi connectivity index (χ4n) is 2.25. The van der Waals surface area contributed by atoms with Gasteiger partial charge in [-0.05, 0) is 13.1 Å². The number of hydrogen-bond donors (Lipinski definition) is 1. The van der Waals surface area contributed by atoms with Gasteiger partial charge in [0.05, 0.1) is 9.80 Å². The first-order valence-corrected chi connectivity index (χ1v) is 7.80. The largest absolute Gasteiger partial charge is 0.339 e. The summed E-state index contributed by atoms with van der Waals surface area (Å²) in [4.78, 5) is 38.1. The maximum absolute atomic E-state index is 12.3. The third-order valence-electron chi connectivity index (χ3n) is 3.49. The van der Waals surface area contributed by atoms with Crippen LogP contribution in [0.1, 0.15) is 16.1 Å². The molecule has 0 radical (unpaired) electrons. The molecule has 1 aliphatic heterocycles.